The number of aromatic nitrogens is 3. The summed E-state index contributed by atoms with van der Waals surface area (Å²) in [6, 6.07) is 13.1. The van der Waals surface area contributed by atoms with Crippen LogP contribution < -0.4 is 15.8 Å². The Balaban J connectivity index is 1.70. The Morgan fingerprint density at radius 1 is 1.21 bits per heavy atom. The number of rotatable bonds is 7. The van der Waals surface area contributed by atoms with Crippen molar-refractivity contribution in [2.24, 2.45) is 4.99 Å². The molecule has 1 amide bonds. The first kappa shape index (κ1) is 25.6. The molecule has 1 aromatic carbocycles. The Morgan fingerprint density at radius 2 is 2.03 bits per heavy atom. The molecule has 1 aliphatic rings. The van der Waals surface area contributed by atoms with Gasteiger partial charge in [0.15, 0.2) is 12.1 Å². The lowest BCUT2D eigenvalue weighted by Crippen LogP contribution is -2.35. The van der Waals surface area contributed by atoms with E-state index in [-0.39, 0.29) is 53.5 Å². The molecule has 1 fully saturated rings. The number of esters is 1. The highest BCUT2D eigenvalue weighted by molar-refractivity contribution is 6.30. The molecule has 0 bridgehead atoms. The number of ether oxygens (including phenoxy) is 3. The van der Waals surface area contributed by atoms with Gasteiger partial charge in [-0.15, -0.1) is 0 Å². The smallest absolute Gasteiger partial charge is 0.341 e. The van der Waals surface area contributed by atoms with Crippen molar-refractivity contribution in [1.82, 2.24) is 14.0 Å². The average molecular weight is 537 g/mol. The molecule has 10 nitrogen and oxygen atoms in total. The topological polar surface area (TPSA) is 113 Å². The van der Waals surface area contributed by atoms with Gasteiger partial charge in [-0.05, 0) is 62.2 Å². The van der Waals surface area contributed by atoms with Crippen molar-refractivity contribution in [2.45, 2.75) is 32.4 Å². The van der Waals surface area contributed by atoms with Gasteiger partial charge in [-0.2, -0.15) is 4.99 Å². The van der Waals surface area contributed by atoms with Crippen LogP contribution in [0.5, 0.6) is 5.75 Å². The van der Waals surface area contributed by atoms with E-state index in [1.807, 2.05) is 0 Å². The maximum absolute atomic E-state index is 13.4. The van der Waals surface area contributed by atoms with Gasteiger partial charge in [0.1, 0.15) is 22.6 Å². The summed E-state index contributed by atoms with van der Waals surface area (Å²) in [5, 5.41) is 0.730. The van der Waals surface area contributed by atoms with Gasteiger partial charge in [0.25, 0.3) is 11.5 Å². The number of fused-ring (bicyclic) bond motifs is 2. The van der Waals surface area contributed by atoms with E-state index in [1.165, 1.54) is 10.5 Å². The molecule has 1 saturated heterocycles. The van der Waals surface area contributed by atoms with E-state index in [0.717, 1.165) is 12.8 Å². The van der Waals surface area contributed by atoms with Crippen molar-refractivity contribution in [3.8, 4) is 5.75 Å². The van der Waals surface area contributed by atoms with Gasteiger partial charge in [-0.25, -0.2) is 9.78 Å². The van der Waals surface area contributed by atoms with Crippen molar-refractivity contribution in [3.05, 3.63) is 81.2 Å². The summed E-state index contributed by atoms with van der Waals surface area (Å²) < 4.78 is 19.7. The Hall–Kier alpha value is -4.02. The first-order chi connectivity index (χ1) is 18.4. The van der Waals surface area contributed by atoms with E-state index in [9.17, 15) is 14.4 Å². The number of benzene rings is 1. The summed E-state index contributed by atoms with van der Waals surface area (Å²) in [6.07, 6.45) is 3.05. The zero-order valence-electron chi connectivity index (χ0n) is 20.6. The third kappa shape index (κ3) is 5.32. The van der Waals surface area contributed by atoms with Gasteiger partial charge < -0.3 is 18.8 Å². The lowest BCUT2D eigenvalue weighted by Gasteiger charge is -2.18. The van der Waals surface area contributed by atoms with Crippen LogP contribution in [-0.2, 0) is 20.8 Å². The van der Waals surface area contributed by atoms with E-state index in [1.54, 1.807) is 60.2 Å². The first-order valence-electron chi connectivity index (χ1n) is 12.2. The zero-order chi connectivity index (χ0) is 26.6. The second-order valence-corrected chi connectivity index (χ2v) is 9.12. The number of hydrogen-bond acceptors (Lipinski definition) is 7. The Morgan fingerprint density at radius 3 is 2.76 bits per heavy atom. The summed E-state index contributed by atoms with van der Waals surface area (Å²) in [4.78, 5) is 48.4. The fraction of sp³-hybridized carbons (Fsp3) is 0.296. The SMILES string of the molecule is CCOC(=O)c1cc2c(=O)n3ccccc3nc2n(C[C@@H]2CCCO2)c1=NC(=O)COc1ccc(Cl)cc1. The number of amides is 1. The van der Waals surface area contributed by atoms with Crippen LogP contribution in [0.2, 0.25) is 5.02 Å². The third-order valence-electron chi connectivity index (χ3n) is 6.10. The predicted molar refractivity (Wildman–Crippen MR) is 139 cm³/mol. The van der Waals surface area contributed by atoms with Crippen LogP contribution in [0.3, 0.4) is 0 Å². The van der Waals surface area contributed by atoms with E-state index in [4.69, 9.17) is 30.8 Å². The predicted octanol–water partition coefficient (Wildman–Crippen LogP) is 3.16. The van der Waals surface area contributed by atoms with Gasteiger partial charge in [-0.1, -0.05) is 17.7 Å². The lowest BCUT2D eigenvalue weighted by molar-refractivity contribution is -0.120. The van der Waals surface area contributed by atoms with Crippen LogP contribution in [0.4, 0.5) is 0 Å². The van der Waals surface area contributed by atoms with Crippen molar-refractivity contribution < 1.29 is 23.8 Å². The molecule has 3 aromatic heterocycles. The van der Waals surface area contributed by atoms with E-state index in [0.29, 0.717) is 23.0 Å². The molecule has 0 aliphatic carbocycles. The molecular weight excluding hydrogens is 512 g/mol. The molecule has 4 aromatic rings. The normalized spacial score (nSPS) is 15.7. The van der Waals surface area contributed by atoms with E-state index < -0.39 is 11.9 Å². The Kier molecular flexibility index (Phi) is 7.52. The van der Waals surface area contributed by atoms with Crippen LogP contribution in [-0.4, -0.2) is 51.8 Å². The van der Waals surface area contributed by atoms with Crippen LogP contribution in [0.25, 0.3) is 16.7 Å². The molecule has 0 radical (unpaired) electrons. The van der Waals surface area contributed by atoms with Crippen molar-refractivity contribution >= 4 is 40.2 Å². The van der Waals surface area contributed by atoms with Gasteiger partial charge >= 0.3 is 5.97 Å². The minimum atomic E-state index is -0.710. The molecule has 1 aliphatic heterocycles. The molecule has 38 heavy (non-hydrogen) atoms. The summed E-state index contributed by atoms with van der Waals surface area (Å²) in [7, 11) is 0. The highest BCUT2D eigenvalue weighted by Crippen LogP contribution is 2.18. The summed E-state index contributed by atoms with van der Waals surface area (Å²) in [6.45, 7) is 2.23. The van der Waals surface area contributed by atoms with Crippen LogP contribution >= 0.6 is 11.6 Å². The number of halogens is 1. The second-order valence-electron chi connectivity index (χ2n) is 8.68. The average Bonchev–Trinajstić information content (AvgIpc) is 3.43. The highest BCUT2D eigenvalue weighted by Gasteiger charge is 2.23. The van der Waals surface area contributed by atoms with Crippen LogP contribution in [0, 0.1) is 0 Å². The van der Waals surface area contributed by atoms with Crippen LogP contribution in [0.1, 0.15) is 30.1 Å². The maximum Gasteiger partial charge on any atom is 0.341 e. The summed E-state index contributed by atoms with van der Waals surface area (Å²) >= 11 is 5.91. The summed E-state index contributed by atoms with van der Waals surface area (Å²) in [5.74, 6) is -0.905. The van der Waals surface area contributed by atoms with E-state index in [2.05, 4.69) is 4.99 Å². The van der Waals surface area contributed by atoms with Crippen molar-refractivity contribution in [1.29, 1.82) is 0 Å². The zero-order valence-corrected chi connectivity index (χ0v) is 21.4. The first-order valence-corrected chi connectivity index (χ1v) is 12.6. The van der Waals surface area contributed by atoms with E-state index >= 15 is 0 Å². The molecule has 196 valence electrons. The van der Waals surface area contributed by atoms with Crippen molar-refractivity contribution in [2.75, 3.05) is 19.8 Å². The van der Waals surface area contributed by atoms with Gasteiger partial charge in [-0.3, -0.25) is 14.0 Å². The standard InChI is InChI=1S/C27H25ClN4O6/c1-2-36-27(35)21-14-20-24(29-22-7-3-4-12-31(22)26(20)34)32(15-19-6-5-13-37-19)25(21)30-23(33)16-38-18-10-8-17(28)9-11-18/h3-4,7-12,14,19H,2,5-6,13,15-16H2,1H3/t19-/m0/s1. The molecule has 11 heteroatoms. The summed E-state index contributed by atoms with van der Waals surface area (Å²) in [5.41, 5.74) is 0.352. The quantitative estimate of drug-likeness (QED) is 0.263. The number of carbonyl (C=O) groups is 2. The van der Waals surface area contributed by atoms with Crippen LogP contribution in [0.15, 0.2) is 64.5 Å². The molecule has 5 rings (SSSR count). The number of hydrogen-bond donors (Lipinski definition) is 0. The Labute approximate surface area is 222 Å². The molecule has 0 saturated carbocycles. The maximum atomic E-state index is 13.4. The molecule has 0 N–H and O–H groups in total. The van der Waals surface area contributed by atoms with Gasteiger partial charge in [0, 0.05) is 17.8 Å². The molecule has 4 heterocycles. The highest BCUT2D eigenvalue weighted by atomic mass is 35.5. The van der Waals surface area contributed by atoms with Crippen molar-refractivity contribution in [3.63, 3.8) is 0 Å². The molecule has 0 spiro atoms. The monoisotopic (exact) mass is 536 g/mol. The second kappa shape index (κ2) is 11.2. The Bertz CT molecular complexity index is 1640. The fourth-order valence-electron chi connectivity index (χ4n) is 4.35. The molecule has 1 atom stereocenters. The molecule has 0 unspecified atom stereocenters. The van der Waals surface area contributed by atoms with Gasteiger partial charge in [0.05, 0.1) is 24.6 Å². The van der Waals surface area contributed by atoms with Gasteiger partial charge in [0.2, 0.25) is 0 Å². The number of nitrogens with zero attached hydrogens (tertiary/aromatic N) is 4. The minimum absolute atomic E-state index is 0.0213. The molecular formula is C27H25ClN4O6. The number of carbonyl (C=O) groups excluding carboxylic acids is 2. The third-order valence-corrected chi connectivity index (χ3v) is 6.35. The largest absolute Gasteiger partial charge is 0.484 e. The fourth-order valence-corrected chi connectivity index (χ4v) is 4.47. The lowest BCUT2D eigenvalue weighted by atomic mass is 10.2. The minimum Gasteiger partial charge on any atom is -0.484 e. The number of pyridine rings is 2.